The summed E-state index contributed by atoms with van der Waals surface area (Å²) in [6.07, 6.45) is -3.52. The molecule has 0 spiro atoms. The van der Waals surface area contributed by atoms with Crippen molar-refractivity contribution in [2.24, 2.45) is 5.73 Å². The van der Waals surface area contributed by atoms with Crippen LogP contribution in [0.3, 0.4) is 0 Å². The third-order valence-electron chi connectivity index (χ3n) is 2.28. The maximum absolute atomic E-state index is 12.5. The van der Waals surface area contributed by atoms with Crippen molar-refractivity contribution in [3.8, 4) is 0 Å². The number of hydrogen-bond acceptors (Lipinski definition) is 4. The Morgan fingerprint density at radius 1 is 1.40 bits per heavy atom. The van der Waals surface area contributed by atoms with Gasteiger partial charge in [0.1, 0.15) is 17.3 Å². The number of hydrogen-bond donors (Lipinski definition) is 1. The molecule has 1 aromatic rings. The van der Waals surface area contributed by atoms with Gasteiger partial charge in [-0.3, -0.25) is 9.78 Å². The van der Waals surface area contributed by atoms with Crippen molar-refractivity contribution in [2.75, 3.05) is 0 Å². The maximum atomic E-state index is 12.5. The van der Waals surface area contributed by atoms with Crippen molar-refractivity contribution in [1.82, 2.24) is 4.98 Å². The predicted octanol–water partition coefficient (Wildman–Crippen LogP) is 2.31. The summed E-state index contributed by atoms with van der Waals surface area (Å²) in [5.74, 6) is -0.650. The van der Waals surface area contributed by atoms with Crippen LogP contribution in [0.2, 0.25) is 0 Å². The van der Waals surface area contributed by atoms with Gasteiger partial charge in [0, 0.05) is 6.20 Å². The molecule has 1 heterocycles. The Morgan fingerprint density at radius 3 is 2.50 bits per heavy atom. The number of rotatable bonds is 3. The summed E-state index contributed by atoms with van der Waals surface area (Å²) >= 11 is 0. The summed E-state index contributed by atoms with van der Waals surface area (Å²) in [4.78, 5) is 14.9. The third-order valence-corrected chi connectivity index (χ3v) is 2.28. The van der Waals surface area contributed by atoms with Crippen LogP contribution in [0.4, 0.5) is 13.2 Å². The molecule has 1 atom stereocenters. The van der Waals surface area contributed by atoms with Crippen LogP contribution in [0.1, 0.15) is 32.0 Å². The van der Waals surface area contributed by atoms with Crippen LogP contribution in [0.5, 0.6) is 0 Å². The fraction of sp³-hybridized carbons (Fsp3) is 0.538. The number of ether oxygens (including phenoxy) is 1. The molecule has 2 N–H and O–H groups in total. The smallest absolute Gasteiger partial charge is 0.433 e. The van der Waals surface area contributed by atoms with Gasteiger partial charge in [-0.2, -0.15) is 13.2 Å². The molecular weight excluding hydrogens is 273 g/mol. The van der Waals surface area contributed by atoms with E-state index >= 15 is 0 Å². The van der Waals surface area contributed by atoms with Gasteiger partial charge < -0.3 is 10.5 Å². The molecule has 112 valence electrons. The van der Waals surface area contributed by atoms with Gasteiger partial charge in [0.25, 0.3) is 0 Å². The summed E-state index contributed by atoms with van der Waals surface area (Å²) in [6, 6.07) is 1.25. The minimum atomic E-state index is -4.52. The minimum absolute atomic E-state index is 0.0412. The molecule has 0 aromatic carbocycles. The number of pyridine rings is 1. The molecule has 7 heteroatoms. The van der Waals surface area contributed by atoms with E-state index in [1.165, 1.54) is 6.07 Å². The van der Waals surface area contributed by atoms with Gasteiger partial charge in [0.15, 0.2) is 0 Å². The fourth-order valence-corrected chi connectivity index (χ4v) is 1.47. The molecule has 0 aliphatic carbocycles. The normalized spacial score (nSPS) is 13.9. The SMILES string of the molecule is CC(C)(C)OC(=O)C(N)Cc1ccnc(C(F)(F)F)c1. The molecule has 0 radical (unpaired) electrons. The second kappa shape index (κ2) is 5.78. The van der Waals surface area contributed by atoms with Crippen molar-refractivity contribution < 1.29 is 22.7 Å². The molecule has 0 saturated carbocycles. The summed E-state index contributed by atoms with van der Waals surface area (Å²) in [6.45, 7) is 5.06. The van der Waals surface area contributed by atoms with Gasteiger partial charge in [-0.1, -0.05) is 0 Å². The standard InChI is InChI=1S/C13H17F3N2O2/c1-12(2,3)20-11(19)9(17)6-8-4-5-18-10(7-8)13(14,15)16/h4-5,7,9H,6,17H2,1-3H3. The highest BCUT2D eigenvalue weighted by atomic mass is 19.4. The molecule has 20 heavy (non-hydrogen) atoms. The highest BCUT2D eigenvalue weighted by molar-refractivity contribution is 5.76. The number of halogens is 3. The van der Waals surface area contributed by atoms with Gasteiger partial charge in [-0.15, -0.1) is 0 Å². The number of esters is 1. The number of nitrogens with zero attached hydrogens (tertiary/aromatic N) is 1. The first-order valence-electron chi connectivity index (χ1n) is 5.99. The van der Waals surface area contributed by atoms with Crippen LogP contribution in [0.15, 0.2) is 18.3 Å². The lowest BCUT2D eigenvalue weighted by molar-refractivity contribution is -0.156. The molecule has 4 nitrogen and oxygen atoms in total. The Hall–Kier alpha value is -1.63. The zero-order valence-electron chi connectivity index (χ0n) is 11.5. The second-order valence-electron chi connectivity index (χ2n) is 5.39. The highest BCUT2D eigenvalue weighted by Gasteiger charge is 2.32. The van der Waals surface area contributed by atoms with E-state index in [1.807, 2.05) is 0 Å². The molecule has 0 bridgehead atoms. The van der Waals surface area contributed by atoms with Crippen molar-refractivity contribution >= 4 is 5.97 Å². The molecule has 0 saturated heterocycles. The largest absolute Gasteiger partial charge is 0.459 e. The molecule has 0 aliphatic rings. The van der Waals surface area contributed by atoms with E-state index in [0.29, 0.717) is 0 Å². The highest BCUT2D eigenvalue weighted by Crippen LogP contribution is 2.27. The number of alkyl halides is 3. The Kier molecular flexibility index (Phi) is 4.75. The topological polar surface area (TPSA) is 65.2 Å². The lowest BCUT2D eigenvalue weighted by atomic mass is 10.1. The zero-order chi connectivity index (χ0) is 15.6. The van der Waals surface area contributed by atoms with Crippen molar-refractivity contribution in [1.29, 1.82) is 0 Å². The van der Waals surface area contributed by atoms with Gasteiger partial charge in [-0.05, 0) is 44.9 Å². The quantitative estimate of drug-likeness (QED) is 0.868. The maximum Gasteiger partial charge on any atom is 0.433 e. The summed E-state index contributed by atoms with van der Waals surface area (Å²) < 4.78 is 42.6. The van der Waals surface area contributed by atoms with E-state index < -0.39 is 29.5 Å². The van der Waals surface area contributed by atoms with Crippen LogP contribution in [0, 0.1) is 0 Å². The van der Waals surface area contributed by atoms with Crippen molar-refractivity contribution in [3.63, 3.8) is 0 Å². The van der Waals surface area contributed by atoms with Gasteiger partial charge in [0.05, 0.1) is 0 Å². The van der Waals surface area contributed by atoms with Gasteiger partial charge in [0.2, 0.25) is 0 Å². The van der Waals surface area contributed by atoms with Gasteiger partial charge in [-0.25, -0.2) is 0 Å². The predicted molar refractivity (Wildman–Crippen MR) is 66.8 cm³/mol. The molecule has 1 aromatic heterocycles. The monoisotopic (exact) mass is 290 g/mol. The molecule has 0 amide bonds. The summed E-state index contributed by atoms with van der Waals surface area (Å²) in [5, 5.41) is 0. The average Bonchev–Trinajstić information content (AvgIpc) is 2.25. The first-order valence-corrected chi connectivity index (χ1v) is 5.99. The Balaban J connectivity index is 2.76. The first-order chi connectivity index (χ1) is 8.99. The number of aromatic nitrogens is 1. The molecule has 1 rings (SSSR count). The van der Waals surface area contributed by atoms with Crippen molar-refractivity contribution in [2.45, 2.75) is 45.0 Å². The van der Waals surface area contributed by atoms with Crippen molar-refractivity contribution in [3.05, 3.63) is 29.6 Å². The van der Waals surface area contributed by atoms with Gasteiger partial charge >= 0.3 is 12.1 Å². The Morgan fingerprint density at radius 2 is 2.00 bits per heavy atom. The second-order valence-corrected chi connectivity index (χ2v) is 5.39. The van der Waals surface area contributed by atoms with Crippen LogP contribution in [-0.4, -0.2) is 22.6 Å². The van der Waals surface area contributed by atoms with E-state index in [4.69, 9.17) is 10.5 Å². The summed E-state index contributed by atoms with van der Waals surface area (Å²) in [7, 11) is 0. The van der Waals surface area contributed by atoms with Crippen LogP contribution < -0.4 is 5.73 Å². The van der Waals surface area contributed by atoms with Crippen LogP contribution in [-0.2, 0) is 22.1 Å². The first kappa shape index (κ1) is 16.4. The van der Waals surface area contributed by atoms with E-state index in [0.717, 1.165) is 12.3 Å². The van der Waals surface area contributed by atoms with E-state index in [9.17, 15) is 18.0 Å². The van der Waals surface area contributed by atoms with E-state index in [-0.39, 0.29) is 12.0 Å². The van der Waals surface area contributed by atoms with E-state index in [1.54, 1.807) is 20.8 Å². The lowest BCUT2D eigenvalue weighted by Gasteiger charge is -2.22. The molecule has 1 unspecified atom stereocenters. The lowest BCUT2D eigenvalue weighted by Crippen LogP contribution is -2.38. The number of carbonyl (C=O) groups is 1. The fourth-order valence-electron chi connectivity index (χ4n) is 1.47. The Bertz CT molecular complexity index is 481. The average molecular weight is 290 g/mol. The van der Waals surface area contributed by atoms with E-state index in [2.05, 4.69) is 4.98 Å². The van der Waals surface area contributed by atoms with Crippen LogP contribution >= 0.6 is 0 Å². The third kappa shape index (κ3) is 5.16. The molecular formula is C13H17F3N2O2. The van der Waals surface area contributed by atoms with Crippen LogP contribution in [0.25, 0.3) is 0 Å². The molecule has 0 aliphatic heterocycles. The Labute approximate surface area is 115 Å². The molecule has 0 fully saturated rings. The number of nitrogens with two attached hydrogens (primary N) is 1. The minimum Gasteiger partial charge on any atom is -0.459 e. The zero-order valence-corrected chi connectivity index (χ0v) is 11.5. The number of carbonyl (C=O) groups excluding carboxylic acids is 1. The summed E-state index contributed by atoms with van der Waals surface area (Å²) in [5.41, 5.74) is 4.22.